The third-order valence-electron chi connectivity index (χ3n) is 2.28. The molecule has 0 saturated heterocycles. The summed E-state index contributed by atoms with van der Waals surface area (Å²) in [5, 5.41) is 11.3. The number of nitro benzene ring substituents is 1. The van der Waals surface area contributed by atoms with Gasteiger partial charge < -0.3 is 0 Å². The molecule has 0 spiro atoms. The molecule has 0 radical (unpaired) electrons. The first-order chi connectivity index (χ1) is 8.36. The van der Waals surface area contributed by atoms with Gasteiger partial charge in [-0.1, -0.05) is 0 Å². The molecule has 6 nitrogen and oxygen atoms in total. The Labute approximate surface area is 101 Å². The molecular formula is C10H10F2N2O4. The van der Waals surface area contributed by atoms with Gasteiger partial charge in [-0.15, -0.1) is 0 Å². The fourth-order valence-electron chi connectivity index (χ4n) is 1.23. The van der Waals surface area contributed by atoms with E-state index in [1.165, 1.54) is 14.2 Å². The second-order valence-corrected chi connectivity index (χ2v) is 3.40. The molecule has 1 rings (SSSR count). The second-order valence-electron chi connectivity index (χ2n) is 3.40. The van der Waals surface area contributed by atoms with Gasteiger partial charge in [-0.25, -0.2) is 9.45 Å². The van der Waals surface area contributed by atoms with E-state index in [2.05, 4.69) is 4.84 Å². The van der Waals surface area contributed by atoms with Crippen molar-refractivity contribution in [3.8, 4) is 0 Å². The number of nitro groups is 1. The standard InChI is InChI=1S/C10H10F2N2O4/c1-13(18-2)10(15)4-6-3-9(14(16)17)8(12)5-7(6)11/h3,5H,4H2,1-2H3. The van der Waals surface area contributed by atoms with Gasteiger partial charge in [-0.2, -0.15) is 4.39 Å². The van der Waals surface area contributed by atoms with Crippen LogP contribution in [0.2, 0.25) is 0 Å². The molecule has 0 atom stereocenters. The van der Waals surface area contributed by atoms with Crippen molar-refractivity contribution in [2.24, 2.45) is 0 Å². The van der Waals surface area contributed by atoms with Gasteiger partial charge in [-0.05, 0) is 0 Å². The molecule has 0 unspecified atom stereocenters. The number of carbonyl (C=O) groups is 1. The van der Waals surface area contributed by atoms with E-state index in [1.54, 1.807) is 0 Å². The topological polar surface area (TPSA) is 72.7 Å². The average molecular weight is 260 g/mol. The highest BCUT2D eigenvalue weighted by Crippen LogP contribution is 2.22. The quantitative estimate of drug-likeness (QED) is 0.606. The van der Waals surface area contributed by atoms with Gasteiger partial charge in [0.2, 0.25) is 11.7 Å². The maximum atomic E-state index is 13.3. The van der Waals surface area contributed by atoms with Gasteiger partial charge in [-0.3, -0.25) is 19.7 Å². The molecule has 0 saturated carbocycles. The number of hydroxylamine groups is 2. The fourth-order valence-corrected chi connectivity index (χ4v) is 1.23. The van der Waals surface area contributed by atoms with Crippen LogP contribution in [0.1, 0.15) is 5.56 Å². The lowest BCUT2D eigenvalue weighted by Gasteiger charge is -2.13. The van der Waals surface area contributed by atoms with Gasteiger partial charge in [0.1, 0.15) is 5.82 Å². The average Bonchev–Trinajstić information content (AvgIpc) is 2.30. The minimum atomic E-state index is -1.28. The molecule has 0 aliphatic heterocycles. The summed E-state index contributed by atoms with van der Waals surface area (Å²) >= 11 is 0. The summed E-state index contributed by atoms with van der Waals surface area (Å²) in [6, 6.07) is 1.08. The zero-order chi connectivity index (χ0) is 13.9. The molecule has 0 bridgehead atoms. The molecule has 0 heterocycles. The Bertz CT molecular complexity index is 493. The lowest BCUT2D eigenvalue weighted by atomic mass is 10.1. The molecule has 0 fully saturated rings. The van der Waals surface area contributed by atoms with Crippen molar-refractivity contribution in [3.63, 3.8) is 0 Å². The van der Waals surface area contributed by atoms with Crippen LogP contribution in [0.5, 0.6) is 0 Å². The Morgan fingerprint density at radius 3 is 2.56 bits per heavy atom. The lowest BCUT2D eigenvalue weighted by molar-refractivity contribution is -0.387. The minimum Gasteiger partial charge on any atom is -0.275 e. The zero-order valence-corrected chi connectivity index (χ0v) is 9.65. The van der Waals surface area contributed by atoms with Gasteiger partial charge in [0.15, 0.2) is 0 Å². The largest absolute Gasteiger partial charge is 0.305 e. The highest BCUT2D eigenvalue weighted by atomic mass is 19.1. The molecule has 98 valence electrons. The minimum absolute atomic E-state index is 0.267. The number of likely N-dealkylation sites (N-methyl/N-ethyl adjacent to an activating group) is 1. The number of amides is 1. The van der Waals surface area contributed by atoms with Crippen LogP contribution in [0, 0.1) is 21.7 Å². The van der Waals surface area contributed by atoms with Crippen LogP contribution in [0.4, 0.5) is 14.5 Å². The van der Waals surface area contributed by atoms with E-state index in [0.717, 1.165) is 5.06 Å². The Hall–Kier alpha value is -2.09. The number of nitrogens with zero attached hydrogens (tertiary/aromatic N) is 2. The summed E-state index contributed by atoms with van der Waals surface area (Å²) in [5.74, 6) is -2.91. The Balaban J connectivity index is 3.06. The lowest BCUT2D eigenvalue weighted by Crippen LogP contribution is -2.27. The molecule has 18 heavy (non-hydrogen) atoms. The summed E-state index contributed by atoms with van der Waals surface area (Å²) in [6.07, 6.45) is -0.461. The zero-order valence-electron chi connectivity index (χ0n) is 9.65. The van der Waals surface area contributed by atoms with Gasteiger partial charge in [0.05, 0.1) is 18.5 Å². The first-order valence-electron chi connectivity index (χ1n) is 4.79. The highest BCUT2D eigenvalue weighted by molar-refractivity contribution is 5.77. The molecule has 1 aromatic rings. The van der Waals surface area contributed by atoms with Crippen molar-refractivity contribution in [2.75, 3.05) is 14.2 Å². The highest BCUT2D eigenvalue weighted by Gasteiger charge is 2.20. The number of rotatable bonds is 4. The third kappa shape index (κ3) is 2.98. The number of carbonyl (C=O) groups excluding carboxylic acids is 1. The van der Waals surface area contributed by atoms with E-state index in [-0.39, 0.29) is 5.56 Å². The van der Waals surface area contributed by atoms with E-state index in [0.29, 0.717) is 12.1 Å². The summed E-state index contributed by atoms with van der Waals surface area (Å²) in [7, 11) is 2.54. The van der Waals surface area contributed by atoms with Crippen LogP contribution in [-0.4, -0.2) is 30.1 Å². The van der Waals surface area contributed by atoms with E-state index in [1.807, 2.05) is 0 Å². The molecule has 8 heteroatoms. The molecule has 0 aromatic heterocycles. The smallest absolute Gasteiger partial charge is 0.275 e. The van der Waals surface area contributed by atoms with Crippen LogP contribution in [0.25, 0.3) is 0 Å². The Morgan fingerprint density at radius 2 is 2.06 bits per heavy atom. The van der Waals surface area contributed by atoms with Crippen molar-refractivity contribution >= 4 is 11.6 Å². The van der Waals surface area contributed by atoms with E-state index >= 15 is 0 Å². The van der Waals surface area contributed by atoms with Crippen molar-refractivity contribution in [1.82, 2.24) is 5.06 Å². The maximum absolute atomic E-state index is 13.3. The van der Waals surface area contributed by atoms with E-state index in [4.69, 9.17) is 0 Å². The summed E-state index contributed by atoms with van der Waals surface area (Å²) < 4.78 is 26.4. The van der Waals surface area contributed by atoms with Crippen LogP contribution < -0.4 is 0 Å². The van der Waals surface area contributed by atoms with E-state index < -0.39 is 34.6 Å². The van der Waals surface area contributed by atoms with Gasteiger partial charge >= 0.3 is 5.69 Å². The SMILES string of the molecule is CON(C)C(=O)Cc1cc([N+](=O)[O-])c(F)cc1F. The van der Waals surface area contributed by atoms with Crippen LogP contribution in [-0.2, 0) is 16.1 Å². The maximum Gasteiger partial charge on any atom is 0.305 e. The molecule has 1 amide bonds. The number of hydrogen-bond acceptors (Lipinski definition) is 4. The van der Waals surface area contributed by atoms with Crippen molar-refractivity contribution in [2.45, 2.75) is 6.42 Å². The van der Waals surface area contributed by atoms with Crippen molar-refractivity contribution in [3.05, 3.63) is 39.4 Å². The third-order valence-corrected chi connectivity index (χ3v) is 2.28. The van der Waals surface area contributed by atoms with Crippen molar-refractivity contribution in [1.29, 1.82) is 0 Å². The molecule has 0 N–H and O–H groups in total. The van der Waals surface area contributed by atoms with Crippen LogP contribution >= 0.6 is 0 Å². The number of halogens is 2. The second kappa shape index (κ2) is 5.50. The molecule has 1 aromatic carbocycles. The molecule has 0 aliphatic carbocycles. The molecular weight excluding hydrogens is 250 g/mol. The predicted octanol–water partition coefficient (Wildman–Crippen LogP) is 1.44. The van der Waals surface area contributed by atoms with Gasteiger partial charge in [0, 0.05) is 24.7 Å². The van der Waals surface area contributed by atoms with Crippen LogP contribution in [0.3, 0.4) is 0 Å². The number of benzene rings is 1. The normalized spacial score (nSPS) is 10.2. The first-order valence-corrected chi connectivity index (χ1v) is 4.79. The Morgan fingerprint density at radius 1 is 1.44 bits per heavy atom. The van der Waals surface area contributed by atoms with Crippen molar-refractivity contribution < 1.29 is 23.3 Å². The number of hydrogen-bond donors (Lipinski definition) is 0. The summed E-state index contributed by atoms with van der Waals surface area (Å²) in [6.45, 7) is 0. The Kier molecular flexibility index (Phi) is 4.27. The fraction of sp³-hybridized carbons (Fsp3) is 0.300. The summed E-state index contributed by atoms with van der Waals surface area (Å²) in [4.78, 5) is 25.5. The predicted molar refractivity (Wildman–Crippen MR) is 56.5 cm³/mol. The first kappa shape index (κ1) is 14.0. The van der Waals surface area contributed by atoms with Gasteiger partial charge in [0.25, 0.3) is 0 Å². The monoisotopic (exact) mass is 260 g/mol. The summed E-state index contributed by atoms with van der Waals surface area (Å²) in [5.41, 5.74) is -1.14. The van der Waals surface area contributed by atoms with E-state index in [9.17, 15) is 23.7 Å². The molecule has 0 aliphatic rings. The van der Waals surface area contributed by atoms with Crippen LogP contribution in [0.15, 0.2) is 12.1 Å².